The second kappa shape index (κ2) is 7.74. The summed E-state index contributed by atoms with van der Waals surface area (Å²) in [7, 11) is 2.21. The van der Waals surface area contributed by atoms with Crippen LogP contribution in [0.5, 0.6) is 0 Å². The highest BCUT2D eigenvalue weighted by Crippen LogP contribution is 2.35. The van der Waals surface area contributed by atoms with Gasteiger partial charge in [0, 0.05) is 49.5 Å². The number of likely N-dealkylation sites (tertiary alicyclic amines) is 1. The summed E-state index contributed by atoms with van der Waals surface area (Å²) in [5, 5.41) is 3.18. The Hall–Kier alpha value is -1.69. The van der Waals surface area contributed by atoms with Crippen molar-refractivity contribution >= 4 is 11.9 Å². The first-order valence-corrected chi connectivity index (χ1v) is 10.6. The van der Waals surface area contributed by atoms with Crippen LogP contribution in [0.2, 0.25) is 0 Å². The molecule has 1 saturated carbocycles. The van der Waals surface area contributed by atoms with E-state index >= 15 is 0 Å². The van der Waals surface area contributed by atoms with Gasteiger partial charge in [-0.05, 0) is 57.1 Å². The van der Waals surface area contributed by atoms with Crippen molar-refractivity contribution < 1.29 is 4.79 Å². The molecule has 0 radical (unpaired) electrons. The van der Waals surface area contributed by atoms with Crippen molar-refractivity contribution in [1.82, 2.24) is 20.2 Å². The number of anilines is 1. The van der Waals surface area contributed by atoms with Gasteiger partial charge in [0.2, 0.25) is 11.9 Å². The molecule has 0 spiro atoms. The first-order valence-electron chi connectivity index (χ1n) is 10.6. The minimum atomic E-state index is 0.0635. The molecule has 3 aliphatic rings. The molecule has 2 bridgehead atoms. The highest BCUT2D eigenvalue weighted by Gasteiger charge is 2.40. The van der Waals surface area contributed by atoms with Crippen LogP contribution < -0.4 is 10.2 Å². The van der Waals surface area contributed by atoms with E-state index in [0.29, 0.717) is 24.0 Å². The number of nitrogens with one attached hydrogen (secondary N) is 1. The van der Waals surface area contributed by atoms with E-state index in [0.717, 1.165) is 44.7 Å². The van der Waals surface area contributed by atoms with Crippen molar-refractivity contribution in [1.29, 1.82) is 0 Å². The number of rotatable bonds is 4. The van der Waals surface area contributed by atoms with E-state index in [1.54, 1.807) is 0 Å². The highest BCUT2D eigenvalue weighted by atomic mass is 16.1. The summed E-state index contributed by atoms with van der Waals surface area (Å²) in [5.41, 5.74) is 1.26. The van der Waals surface area contributed by atoms with E-state index in [2.05, 4.69) is 34.6 Å². The average Bonchev–Trinajstić information content (AvgIpc) is 2.93. The monoisotopic (exact) mass is 371 g/mol. The van der Waals surface area contributed by atoms with Crippen molar-refractivity contribution in [3.05, 3.63) is 18.0 Å². The van der Waals surface area contributed by atoms with Crippen LogP contribution in [-0.2, 0) is 4.79 Å². The van der Waals surface area contributed by atoms with Crippen LogP contribution >= 0.6 is 0 Å². The molecule has 6 heteroatoms. The zero-order valence-electron chi connectivity index (χ0n) is 16.9. The molecule has 2 saturated heterocycles. The molecule has 1 aliphatic carbocycles. The third-order valence-corrected chi connectivity index (χ3v) is 6.62. The number of aromatic nitrogens is 2. The normalized spacial score (nSPS) is 31.3. The van der Waals surface area contributed by atoms with Gasteiger partial charge in [-0.15, -0.1) is 0 Å². The van der Waals surface area contributed by atoms with E-state index in [1.807, 2.05) is 13.8 Å². The van der Waals surface area contributed by atoms with Crippen molar-refractivity contribution in [2.45, 2.75) is 76.4 Å². The number of amides is 1. The summed E-state index contributed by atoms with van der Waals surface area (Å²) in [6, 6.07) is 1.47. The summed E-state index contributed by atoms with van der Waals surface area (Å²) < 4.78 is 0. The second-order valence-electron chi connectivity index (χ2n) is 9.04. The number of hydrogen-bond donors (Lipinski definition) is 1. The van der Waals surface area contributed by atoms with Gasteiger partial charge in [0.15, 0.2) is 0 Å². The smallest absolute Gasteiger partial charge is 0.225 e. The quantitative estimate of drug-likeness (QED) is 0.881. The lowest BCUT2D eigenvalue weighted by atomic mass is 9.82. The average molecular weight is 372 g/mol. The third kappa shape index (κ3) is 3.96. The minimum Gasteiger partial charge on any atom is -0.353 e. The van der Waals surface area contributed by atoms with Gasteiger partial charge < -0.3 is 15.1 Å². The van der Waals surface area contributed by atoms with Crippen molar-refractivity contribution in [2.75, 3.05) is 25.0 Å². The molecular weight excluding hydrogens is 338 g/mol. The van der Waals surface area contributed by atoms with Gasteiger partial charge in [0.25, 0.3) is 0 Å². The molecule has 148 valence electrons. The largest absolute Gasteiger partial charge is 0.353 e. The highest BCUT2D eigenvalue weighted by molar-refractivity contribution is 5.78. The summed E-state index contributed by atoms with van der Waals surface area (Å²) in [4.78, 5) is 26.3. The molecule has 1 aromatic heterocycles. The number of nitrogens with zero attached hydrogens (tertiary/aromatic N) is 4. The topological polar surface area (TPSA) is 61.4 Å². The predicted octanol–water partition coefficient (Wildman–Crippen LogP) is 2.56. The molecule has 2 atom stereocenters. The SMILES string of the molecule is CC(C)C(=O)N[C@H]1CC[C@H](c2cnc(N3C4CCC3CN(C)C4)nc2)CC1. The standard InChI is InChI=1S/C21H33N5O/c1-14(2)20(27)24-17-6-4-15(5-7-17)16-10-22-21(23-11-16)26-18-8-9-19(26)13-25(3)12-18/h10-11,14-15,17-19H,4-9,12-13H2,1-3H3,(H,24,27)/t15-,17-,18?,19?. The fourth-order valence-corrected chi connectivity index (χ4v) is 5.05. The number of likely N-dealkylation sites (N-methyl/N-ethyl adjacent to an activating group) is 1. The number of carbonyl (C=O) groups excluding carboxylic acids is 1. The van der Waals surface area contributed by atoms with Crippen LogP contribution in [0.15, 0.2) is 12.4 Å². The molecule has 27 heavy (non-hydrogen) atoms. The first-order chi connectivity index (χ1) is 13.0. The Labute approximate surface area is 162 Å². The lowest BCUT2D eigenvalue weighted by Gasteiger charge is -2.39. The first kappa shape index (κ1) is 18.7. The maximum absolute atomic E-state index is 11.9. The number of piperazine rings is 1. The van der Waals surface area contributed by atoms with Crippen molar-refractivity contribution in [3.8, 4) is 0 Å². The van der Waals surface area contributed by atoms with Gasteiger partial charge in [-0.2, -0.15) is 0 Å². The molecule has 2 unspecified atom stereocenters. The van der Waals surface area contributed by atoms with Gasteiger partial charge in [-0.25, -0.2) is 9.97 Å². The lowest BCUT2D eigenvalue weighted by molar-refractivity contribution is -0.124. The zero-order valence-corrected chi connectivity index (χ0v) is 16.9. The molecule has 3 fully saturated rings. The van der Waals surface area contributed by atoms with E-state index in [4.69, 9.17) is 9.97 Å². The third-order valence-electron chi connectivity index (χ3n) is 6.62. The zero-order chi connectivity index (χ0) is 19.0. The van der Waals surface area contributed by atoms with E-state index in [1.165, 1.54) is 18.4 Å². The van der Waals surface area contributed by atoms with Crippen molar-refractivity contribution in [2.24, 2.45) is 5.92 Å². The fourth-order valence-electron chi connectivity index (χ4n) is 5.05. The van der Waals surface area contributed by atoms with Crippen LogP contribution in [0.3, 0.4) is 0 Å². The molecule has 1 N–H and O–H groups in total. The molecule has 4 rings (SSSR count). The molecular formula is C21H33N5O. The Morgan fingerprint density at radius 1 is 1.04 bits per heavy atom. The summed E-state index contributed by atoms with van der Waals surface area (Å²) in [6.07, 6.45) is 10.9. The maximum Gasteiger partial charge on any atom is 0.225 e. The molecule has 6 nitrogen and oxygen atoms in total. The minimum absolute atomic E-state index is 0.0635. The summed E-state index contributed by atoms with van der Waals surface area (Å²) in [6.45, 7) is 6.14. The Bertz CT molecular complexity index is 639. The Kier molecular flexibility index (Phi) is 5.35. The van der Waals surface area contributed by atoms with Crippen LogP contribution in [-0.4, -0.2) is 59.0 Å². The van der Waals surface area contributed by atoms with Gasteiger partial charge in [0.1, 0.15) is 0 Å². The molecule has 3 heterocycles. The number of fused-ring (bicyclic) bond motifs is 2. The second-order valence-corrected chi connectivity index (χ2v) is 9.04. The van der Waals surface area contributed by atoms with Gasteiger partial charge in [-0.3, -0.25) is 4.79 Å². The van der Waals surface area contributed by atoms with Crippen LogP contribution in [0.1, 0.15) is 63.9 Å². The number of carbonyl (C=O) groups is 1. The lowest BCUT2D eigenvalue weighted by Crippen LogP contribution is -2.53. The number of hydrogen-bond acceptors (Lipinski definition) is 5. The van der Waals surface area contributed by atoms with Crippen molar-refractivity contribution in [3.63, 3.8) is 0 Å². The van der Waals surface area contributed by atoms with Gasteiger partial charge in [-0.1, -0.05) is 13.8 Å². The molecule has 2 aliphatic heterocycles. The Morgan fingerprint density at radius 3 is 2.19 bits per heavy atom. The van der Waals surface area contributed by atoms with E-state index in [-0.39, 0.29) is 11.8 Å². The van der Waals surface area contributed by atoms with Crippen LogP contribution in [0.4, 0.5) is 5.95 Å². The van der Waals surface area contributed by atoms with Crippen LogP contribution in [0, 0.1) is 5.92 Å². The van der Waals surface area contributed by atoms with Crippen LogP contribution in [0.25, 0.3) is 0 Å². The van der Waals surface area contributed by atoms with E-state index < -0.39 is 0 Å². The summed E-state index contributed by atoms with van der Waals surface area (Å²) >= 11 is 0. The molecule has 1 amide bonds. The summed E-state index contributed by atoms with van der Waals surface area (Å²) in [5.74, 6) is 1.68. The maximum atomic E-state index is 11.9. The molecule has 1 aromatic rings. The van der Waals surface area contributed by atoms with Gasteiger partial charge >= 0.3 is 0 Å². The fraction of sp³-hybridized carbons (Fsp3) is 0.762. The van der Waals surface area contributed by atoms with Gasteiger partial charge in [0.05, 0.1) is 0 Å². The molecule has 0 aromatic carbocycles. The Morgan fingerprint density at radius 2 is 1.63 bits per heavy atom. The predicted molar refractivity (Wildman–Crippen MR) is 107 cm³/mol. The Balaban J connectivity index is 1.35. The van der Waals surface area contributed by atoms with E-state index in [9.17, 15) is 4.79 Å².